The average molecular weight is 262 g/mol. The summed E-state index contributed by atoms with van der Waals surface area (Å²) in [4.78, 5) is 12.6. The number of carbonyl (C=O) groups excluding carboxylic acids is 1. The van der Waals surface area contributed by atoms with Crippen LogP contribution in [-0.2, 0) is 4.79 Å². The van der Waals surface area contributed by atoms with Crippen LogP contribution in [-0.4, -0.2) is 5.78 Å². The number of Topliss-reactive ketones (excluding diaryl/α,β-unsaturated/α-hetero) is 1. The van der Waals surface area contributed by atoms with Gasteiger partial charge in [-0.3, -0.25) is 4.79 Å². The van der Waals surface area contributed by atoms with E-state index in [2.05, 4.69) is 0 Å². The van der Waals surface area contributed by atoms with Crippen molar-refractivity contribution in [1.29, 1.82) is 10.5 Å². The third-order valence-corrected chi connectivity index (χ3v) is 3.37. The minimum Gasteiger partial charge on any atom is -0.289 e. The molecule has 0 amide bonds. The molecule has 3 nitrogen and oxygen atoms in total. The quantitative estimate of drug-likeness (QED) is 0.496. The Morgan fingerprint density at radius 2 is 1.80 bits per heavy atom. The normalized spacial score (nSPS) is 17.2. The number of nitrogens with zero attached hydrogens (tertiary/aromatic N) is 2. The number of hydrogen-bond donors (Lipinski definition) is 0. The van der Waals surface area contributed by atoms with Gasteiger partial charge in [-0.2, -0.15) is 10.5 Å². The maximum Gasteiger partial charge on any atom is 0.194 e. The number of allylic oxidation sites excluding steroid dienone is 10. The Hall–Kier alpha value is -2.65. The first-order valence-electron chi connectivity index (χ1n) is 6.36. The van der Waals surface area contributed by atoms with Crippen molar-refractivity contribution in [2.75, 3.05) is 0 Å². The summed E-state index contributed by atoms with van der Waals surface area (Å²) < 4.78 is 0. The topological polar surface area (TPSA) is 64.7 Å². The smallest absolute Gasteiger partial charge is 0.194 e. The van der Waals surface area contributed by atoms with E-state index in [9.17, 15) is 4.79 Å². The fourth-order valence-corrected chi connectivity index (χ4v) is 2.50. The number of nitriles is 2. The van der Waals surface area contributed by atoms with Gasteiger partial charge in [-0.15, -0.1) is 0 Å². The molecule has 2 rings (SSSR count). The lowest BCUT2D eigenvalue weighted by Crippen LogP contribution is -2.02. The van der Waals surface area contributed by atoms with Crippen LogP contribution in [0.2, 0.25) is 0 Å². The zero-order valence-electron chi connectivity index (χ0n) is 11.7. The summed E-state index contributed by atoms with van der Waals surface area (Å²) in [6, 6.07) is 3.81. The van der Waals surface area contributed by atoms with E-state index in [1.54, 1.807) is 0 Å². The molecule has 0 aromatic heterocycles. The van der Waals surface area contributed by atoms with Crippen LogP contribution < -0.4 is 0 Å². The molecule has 0 radical (unpaired) electrons. The van der Waals surface area contributed by atoms with Gasteiger partial charge in [0.2, 0.25) is 0 Å². The van der Waals surface area contributed by atoms with E-state index in [-0.39, 0.29) is 11.4 Å². The Morgan fingerprint density at radius 1 is 1.15 bits per heavy atom. The fourth-order valence-electron chi connectivity index (χ4n) is 2.50. The summed E-state index contributed by atoms with van der Waals surface area (Å²) in [5.74, 6) is -0.0936. The van der Waals surface area contributed by atoms with Crippen LogP contribution >= 0.6 is 0 Å². The predicted octanol–water partition coefficient (Wildman–Crippen LogP) is 3.45. The molecule has 0 atom stereocenters. The number of hydrogen-bond acceptors (Lipinski definition) is 3. The van der Waals surface area contributed by atoms with Gasteiger partial charge in [0.1, 0.15) is 17.7 Å². The van der Waals surface area contributed by atoms with E-state index < -0.39 is 0 Å². The lowest BCUT2D eigenvalue weighted by molar-refractivity contribution is -0.111. The molecule has 0 saturated carbocycles. The van der Waals surface area contributed by atoms with Crippen LogP contribution in [0.4, 0.5) is 0 Å². The van der Waals surface area contributed by atoms with E-state index in [4.69, 9.17) is 10.5 Å². The highest BCUT2D eigenvalue weighted by atomic mass is 16.1. The van der Waals surface area contributed by atoms with E-state index in [1.807, 2.05) is 51.1 Å². The van der Waals surface area contributed by atoms with Gasteiger partial charge in [0.05, 0.1) is 0 Å². The van der Waals surface area contributed by atoms with E-state index in [0.29, 0.717) is 22.3 Å². The first-order valence-corrected chi connectivity index (χ1v) is 6.36. The predicted molar refractivity (Wildman–Crippen MR) is 76.2 cm³/mol. The molecule has 0 unspecified atom stereocenters. The minimum absolute atomic E-state index is 0.00264. The zero-order chi connectivity index (χ0) is 14.9. The SMILES string of the molecule is CC1=CC2=C(C=CC1)C(=C(C#N)C#N)C(=C(C)C)C2=O. The molecule has 0 aliphatic heterocycles. The molecule has 0 aromatic rings. The van der Waals surface area contributed by atoms with Crippen molar-refractivity contribution in [2.24, 2.45) is 0 Å². The van der Waals surface area contributed by atoms with Gasteiger partial charge in [0, 0.05) is 16.7 Å². The molecular weight excluding hydrogens is 248 g/mol. The third kappa shape index (κ3) is 2.04. The number of ketones is 1. The van der Waals surface area contributed by atoms with Crippen LogP contribution in [0.25, 0.3) is 0 Å². The van der Waals surface area contributed by atoms with Gasteiger partial charge in [-0.05, 0) is 32.8 Å². The van der Waals surface area contributed by atoms with Gasteiger partial charge < -0.3 is 0 Å². The monoisotopic (exact) mass is 262 g/mol. The first kappa shape index (κ1) is 13.8. The second-order valence-electron chi connectivity index (χ2n) is 5.10. The number of carbonyl (C=O) groups is 1. The molecule has 0 saturated heterocycles. The molecule has 0 spiro atoms. The molecule has 0 heterocycles. The molecule has 3 heteroatoms. The molecule has 2 aliphatic carbocycles. The maximum absolute atomic E-state index is 12.6. The Bertz CT molecular complexity index is 721. The fraction of sp³-hybridized carbons (Fsp3) is 0.235. The van der Waals surface area contributed by atoms with Crippen molar-refractivity contribution < 1.29 is 4.79 Å². The molecule has 20 heavy (non-hydrogen) atoms. The van der Waals surface area contributed by atoms with Gasteiger partial charge in [-0.1, -0.05) is 29.4 Å². The minimum atomic E-state index is -0.0936. The summed E-state index contributed by atoms with van der Waals surface area (Å²) in [7, 11) is 0. The van der Waals surface area contributed by atoms with Gasteiger partial charge >= 0.3 is 0 Å². The van der Waals surface area contributed by atoms with Gasteiger partial charge in [0.25, 0.3) is 0 Å². The zero-order valence-corrected chi connectivity index (χ0v) is 11.7. The van der Waals surface area contributed by atoms with Crippen LogP contribution in [0.1, 0.15) is 27.2 Å². The highest BCUT2D eigenvalue weighted by Gasteiger charge is 2.34. The van der Waals surface area contributed by atoms with E-state index in [1.165, 1.54) is 0 Å². The molecule has 98 valence electrons. The Labute approximate surface area is 118 Å². The van der Waals surface area contributed by atoms with Crippen LogP contribution in [0, 0.1) is 22.7 Å². The Balaban J connectivity index is 2.87. The lowest BCUT2D eigenvalue weighted by atomic mass is 9.95. The summed E-state index contributed by atoms with van der Waals surface area (Å²) >= 11 is 0. The Morgan fingerprint density at radius 3 is 2.35 bits per heavy atom. The molecule has 0 N–H and O–H groups in total. The van der Waals surface area contributed by atoms with Gasteiger partial charge in [-0.25, -0.2) is 0 Å². The molecular formula is C17H14N2O. The molecule has 0 aromatic carbocycles. The summed E-state index contributed by atoms with van der Waals surface area (Å²) in [5, 5.41) is 18.3. The second-order valence-corrected chi connectivity index (χ2v) is 5.10. The van der Waals surface area contributed by atoms with Crippen LogP contribution in [0.3, 0.4) is 0 Å². The average Bonchev–Trinajstić information content (AvgIpc) is 2.56. The van der Waals surface area contributed by atoms with Crippen molar-refractivity contribution in [2.45, 2.75) is 27.2 Å². The molecule has 0 bridgehead atoms. The molecule has 2 aliphatic rings. The molecule has 0 fully saturated rings. The second kappa shape index (κ2) is 5.15. The summed E-state index contributed by atoms with van der Waals surface area (Å²) in [5.41, 5.74) is 4.16. The highest BCUT2D eigenvalue weighted by Crippen LogP contribution is 2.40. The van der Waals surface area contributed by atoms with Crippen molar-refractivity contribution in [1.82, 2.24) is 0 Å². The summed E-state index contributed by atoms with van der Waals surface area (Å²) in [6.45, 7) is 5.62. The Kier molecular flexibility index (Phi) is 3.55. The number of rotatable bonds is 0. The highest BCUT2D eigenvalue weighted by molar-refractivity contribution is 6.20. The van der Waals surface area contributed by atoms with E-state index >= 15 is 0 Å². The third-order valence-electron chi connectivity index (χ3n) is 3.37. The summed E-state index contributed by atoms with van der Waals surface area (Å²) in [6.07, 6.45) is 6.44. The van der Waals surface area contributed by atoms with E-state index in [0.717, 1.165) is 17.6 Å². The maximum atomic E-state index is 12.6. The van der Waals surface area contributed by atoms with Gasteiger partial charge in [0.15, 0.2) is 5.78 Å². The van der Waals surface area contributed by atoms with Crippen molar-refractivity contribution in [3.8, 4) is 12.1 Å². The van der Waals surface area contributed by atoms with Crippen molar-refractivity contribution >= 4 is 5.78 Å². The van der Waals surface area contributed by atoms with Crippen LogP contribution in [0.15, 0.2) is 57.2 Å². The largest absolute Gasteiger partial charge is 0.289 e. The van der Waals surface area contributed by atoms with Crippen LogP contribution in [0.5, 0.6) is 0 Å². The van der Waals surface area contributed by atoms with Crippen molar-refractivity contribution in [3.05, 3.63) is 57.2 Å². The first-order chi connectivity index (χ1) is 9.51. The lowest BCUT2D eigenvalue weighted by Gasteiger charge is -2.05. The standard InChI is InChI=1S/C17H14N2O/c1-10(2)15-16(12(8-18)9-19)13-6-4-5-11(3)7-14(13)17(15)20/h4,6-7H,5H2,1-3H3. The van der Waals surface area contributed by atoms with Crippen molar-refractivity contribution in [3.63, 3.8) is 0 Å².